The number of aryl methyl sites for hydroxylation is 1. The highest BCUT2D eigenvalue weighted by Crippen LogP contribution is 2.16. The number of hydrogen-bond donors (Lipinski definition) is 2. The highest BCUT2D eigenvalue weighted by atomic mass is 16.1. The van der Waals surface area contributed by atoms with E-state index in [1.807, 2.05) is 0 Å². The third-order valence-electron chi connectivity index (χ3n) is 3.84. The minimum absolute atomic E-state index is 0.124. The van der Waals surface area contributed by atoms with Gasteiger partial charge in [-0.25, -0.2) is 0 Å². The van der Waals surface area contributed by atoms with Crippen molar-refractivity contribution in [2.24, 2.45) is 11.8 Å². The van der Waals surface area contributed by atoms with Crippen molar-refractivity contribution >= 4 is 5.91 Å². The topological polar surface area (TPSA) is 41.1 Å². The van der Waals surface area contributed by atoms with E-state index in [0.29, 0.717) is 12.5 Å². The van der Waals surface area contributed by atoms with E-state index in [-0.39, 0.29) is 11.8 Å². The maximum atomic E-state index is 12.1. The second kappa shape index (κ2) is 6.71. The van der Waals surface area contributed by atoms with Crippen molar-refractivity contribution in [3.63, 3.8) is 0 Å². The molecule has 0 aliphatic carbocycles. The number of piperidine rings is 1. The first-order valence-electron chi connectivity index (χ1n) is 7.25. The van der Waals surface area contributed by atoms with Crippen LogP contribution in [-0.4, -0.2) is 19.0 Å². The molecule has 0 saturated carbocycles. The molecular formula is C16H24N2O. The van der Waals surface area contributed by atoms with Crippen LogP contribution in [0.4, 0.5) is 0 Å². The lowest BCUT2D eigenvalue weighted by molar-refractivity contribution is -0.126. The number of rotatable bonds is 4. The summed E-state index contributed by atoms with van der Waals surface area (Å²) in [5.74, 6) is 0.894. The van der Waals surface area contributed by atoms with E-state index in [9.17, 15) is 4.79 Å². The molecule has 0 aromatic heterocycles. The Labute approximate surface area is 115 Å². The van der Waals surface area contributed by atoms with Crippen molar-refractivity contribution in [2.45, 2.75) is 33.2 Å². The van der Waals surface area contributed by atoms with Crippen molar-refractivity contribution < 1.29 is 4.79 Å². The van der Waals surface area contributed by atoms with Gasteiger partial charge in [0.2, 0.25) is 5.91 Å². The third kappa shape index (κ3) is 4.06. The van der Waals surface area contributed by atoms with Crippen molar-refractivity contribution in [3.05, 3.63) is 35.4 Å². The highest BCUT2D eigenvalue weighted by molar-refractivity contribution is 5.79. The monoisotopic (exact) mass is 260 g/mol. The van der Waals surface area contributed by atoms with Gasteiger partial charge in [0.15, 0.2) is 0 Å². The molecular weight excluding hydrogens is 236 g/mol. The molecule has 3 nitrogen and oxygen atoms in total. The normalized spacial score (nSPS) is 23.1. The standard InChI is InChI=1S/C16H24N2O/c1-3-13-4-6-14(7-5-13)10-18-16(19)15-8-12(2)9-17-11-15/h4-7,12,15,17H,3,8-11H2,1-2H3,(H,18,19). The summed E-state index contributed by atoms with van der Waals surface area (Å²) in [5.41, 5.74) is 2.50. The lowest BCUT2D eigenvalue weighted by atomic mass is 9.91. The summed E-state index contributed by atoms with van der Waals surface area (Å²) in [6.45, 7) is 6.81. The smallest absolute Gasteiger partial charge is 0.224 e. The molecule has 1 fully saturated rings. The Balaban J connectivity index is 1.82. The molecule has 1 heterocycles. The number of carbonyl (C=O) groups is 1. The Hall–Kier alpha value is -1.35. The van der Waals surface area contributed by atoms with Gasteiger partial charge in [-0.15, -0.1) is 0 Å². The van der Waals surface area contributed by atoms with Crippen molar-refractivity contribution in [1.82, 2.24) is 10.6 Å². The zero-order valence-corrected chi connectivity index (χ0v) is 11.9. The summed E-state index contributed by atoms with van der Waals surface area (Å²) in [6, 6.07) is 8.46. The van der Waals surface area contributed by atoms with Gasteiger partial charge in [-0.2, -0.15) is 0 Å². The molecule has 1 saturated heterocycles. The van der Waals surface area contributed by atoms with Gasteiger partial charge in [0.1, 0.15) is 0 Å². The summed E-state index contributed by atoms with van der Waals surface area (Å²) >= 11 is 0. The average Bonchev–Trinajstić information content (AvgIpc) is 2.45. The summed E-state index contributed by atoms with van der Waals surface area (Å²) in [7, 11) is 0. The maximum absolute atomic E-state index is 12.1. The van der Waals surface area contributed by atoms with Gasteiger partial charge >= 0.3 is 0 Å². The summed E-state index contributed by atoms with van der Waals surface area (Å²) < 4.78 is 0. The number of nitrogens with one attached hydrogen (secondary N) is 2. The molecule has 1 aliphatic rings. The van der Waals surface area contributed by atoms with E-state index < -0.39 is 0 Å². The number of hydrogen-bond acceptors (Lipinski definition) is 2. The first-order valence-corrected chi connectivity index (χ1v) is 7.25. The summed E-state index contributed by atoms with van der Waals surface area (Å²) in [4.78, 5) is 12.1. The van der Waals surface area contributed by atoms with Crippen LogP contribution in [0.1, 0.15) is 31.4 Å². The fraction of sp³-hybridized carbons (Fsp3) is 0.562. The van der Waals surface area contributed by atoms with Crippen LogP contribution in [-0.2, 0) is 17.8 Å². The van der Waals surface area contributed by atoms with Crippen molar-refractivity contribution in [3.8, 4) is 0 Å². The highest BCUT2D eigenvalue weighted by Gasteiger charge is 2.24. The molecule has 1 aromatic rings. The molecule has 0 spiro atoms. The van der Waals surface area contributed by atoms with Gasteiger partial charge in [-0.05, 0) is 36.4 Å². The van der Waals surface area contributed by atoms with E-state index in [1.54, 1.807) is 0 Å². The Morgan fingerprint density at radius 2 is 1.95 bits per heavy atom. The molecule has 1 amide bonds. The van der Waals surface area contributed by atoms with Crippen LogP contribution in [0.5, 0.6) is 0 Å². The van der Waals surface area contributed by atoms with E-state index in [0.717, 1.165) is 25.9 Å². The minimum atomic E-state index is 0.124. The third-order valence-corrected chi connectivity index (χ3v) is 3.84. The van der Waals surface area contributed by atoms with Gasteiger partial charge in [0.05, 0.1) is 5.92 Å². The van der Waals surface area contributed by atoms with Crippen LogP contribution in [0.2, 0.25) is 0 Å². The van der Waals surface area contributed by atoms with E-state index >= 15 is 0 Å². The quantitative estimate of drug-likeness (QED) is 0.870. The molecule has 1 aromatic carbocycles. The van der Waals surface area contributed by atoms with E-state index in [2.05, 4.69) is 48.7 Å². The molecule has 2 atom stereocenters. The second-order valence-corrected chi connectivity index (χ2v) is 5.58. The Bertz CT molecular complexity index is 413. The SMILES string of the molecule is CCc1ccc(CNC(=O)C2CNCC(C)C2)cc1. The summed E-state index contributed by atoms with van der Waals surface area (Å²) in [6.07, 6.45) is 2.05. The molecule has 104 valence electrons. The number of carbonyl (C=O) groups excluding carboxylic acids is 1. The average molecular weight is 260 g/mol. The zero-order valence-electron chi connectivity index (χ0n) is 11.9. The zero-order chi connectivity index (χ0) is 13.7. The summed E-state index contributed by atoms with van der Waals surface area (Å²) in [5, 5.41) is 6.37. The van der Waals surface area contributed by atoms with Crippen molar-refractivity contribution in [1.29, 1.82) is 0 Å². The predicted octanol–water partition coefficient (Wildman–Crippen LogP) is 2.11. The van der Waals surface area contributed by atoms with Crippen LogP contribution < -0.4 is 10.6 Å². The van der Waals surface area contributed by atoms with Crippen LogP contribution in [0.3, 0.4) is 0 Å². The predicted molar refractivity (Wildman–Crippen MR) is 77.8 cm³/mol. The van der Waals surface area contributed by atoms with Crippen LogP contribution >= 0.6 is 0 Å². The molecule has 19 heavy (non-hydrogen) atoms. The fourth-order valence-electron chi connectivity index (χ4n) is 2.58. The van der Waals surface area contributed by atoms with Gasteiger partial charge < -0.3 is 10.6 Å². The molecule has 3 heteroatoms. The van der Waals surface area contributed by atoms with E-state index in [1.165, 1.54) is 11.1 Å². The Morgan fingerprint density at radius 3 is 2.58 bits per heavy atom. The van der Waals surface area contributed by atoms with Crippen molar-refractivity contribution in [2.75, 3.05) is 13.1 Å². The van der Waals surface area contributed by atoms with Gasteiger partial charge in [0.25, 0.3) is 0 Å². The lowest BCUT2D eigenvalue weighted by Crippen LogP contribution is -2.43. The molecule has 2 rings (SSSR count). The molecule has 0 radical (unpaired) electrons. The van der Waals surface area contributed by atoms with E-state index in [4.69, 9.17) is 0 Å². The van der Waals surface area contributed by atoms with Gasteiger partial charge in [0, 0.05) is 13.1 Å². The number of amides is 1. The fourth-order valence-corrected chi connectivity index (χ4v) is 2.58. The molecule has 0 bridgehead atoms. The van der Waals surface area contributed by atoms with Crippen LogP contribution in [0.15, 0.2) is 24.3 Å². The first-order chi connectivity index (χ1) is 9.19. The first kappa shape index (κ1) is 14.1. The number of benzene rings is 1. The van der Waals surface area contributed by atoms with Gasteiger partial charge in [-0.1, -0.05) is 38.1 Å². The molecule has 2 N–H and O–H groups in total. The lowest BCUT2D eigenvalue weighted by Gasteiger charge is -2.26. The second-order valence-electron chi connectivity index (χ2n) is 5.58. The van der Waals surface area contributed by atoms with Crippen LogP contribution in [0.25, 0.3) is 0 Å². The Kier molecular flexibility index (Phi) is 4.97. The molecule has 1 aliphatic heterocycles. The Morgan fingerprint density at radius 1 is 1.26 bits per heavy atom. The largest absolute Gasteiger partial charge is 0.352 e. The minimum Gasteiger partial charge on any atom is -0.352 e. The van der Waals surface area contributed by atoms with Gasteiger partial charge in [-0.3, -0.25) is 4.79 Å². The van der Waals surface area contributed by atoms with Crippen LogP contribution in [0, 0.1) is 11.8 Å². The maximum Gasteiger partial charge on any atom is 0.224 e. The molecule has 2 unspecified atom stereocenters.